The van der Waals surface area contributed by atoms with Crippen molar-refractivity contribution in [1.82, 2.24) is 9.38 Å². The van der Waals surface area contributed by atoms with Gasteiger partial charge in [-0.25, -0.2) is 4.98 Å². The minimum absolute atomic E-state index is 0.565. The maximum absolute atomic E-state index is 10.8. The second-order valence-electron chi connectivity index (χ2n) is 4.11. The van der Waals surface area contributed by atoms with Gasteiger partial charge in [-0.1, -0.05) is 13.8 Å². The molecule has 2 rings (SSSR count). The Bertz CT molecular complexity index is 485. The van der Waals surface area contributed by atoms with E-state index >= 15 is 0 Å². The summed E-state index contributed by atoms with van der Waals surface area (Å²) in [5.41, 5.74) is 1.59. The van der Waals surface area contributed by atoms with Gasteiger partial charge in [0.1, 0.15) is 5.82 Å². The SMILES string of the molecule is CC(C)Cc1ncc2c(C=O)cccn12. The van der Waals surface area contributed by atoms with Gasteiger partial charge >= 0.3 is 0 Å². The number of carbonyl (C=O) groups excluding carboxylic acids is 1. The zero-order valence-corrected chi connectivity index (χ0v) is 8.97. The van der Waals surface area contributed by atoms with Crippen molar-refractivity contribution in [2.24, 2.45) is 5.92 Å². The number of nitrogens with zero attached hydrogens (tertiary/aromatic N) is 2. The van der Waals surface area contributed by atoms with Gasteiger partial charge in [-0.2, -0.15) is 0 Å². The van der Waals surface area contributed by atoms with Crippen LogP contribution < -0.4 is 0 Å². The Morgan fingerprint density at radius 2 is 2.33 bits per heavy atom. The van der Waals surface area contributed by atoms with E-state index in [1.807, 2.05) is 22.7 Å². The lowest BCUT2D eigenvalue weighted by Gasteiger charge is -2.04. The molecule has 78 valence electrons. The van der Waals surface area contributed by atoms with Crippen molar-refractivity contribution >= 4 is 11.8 Å². The Morgan fingerprint density at radius 3 is 3.00 bits per heavy atom. The molecule has 0 aliphatic carbocycles. The molecule has 0 aromatic carbocycles. The summed E-state index contributed by atoms with van der Waals surface area (Å²) in [6, 6.07) is 3.69. The summed E-state index contributed by atoms with van der Waals surface area (Å²) in [6.07, 6.45) is 5.52. The molecule has 15 heavy (non-hydrogen) atoms. The molecule has 3 heteroatoms. The highest BCUT2D eigenvalue weighted by molar-refractivity contribution is 5.85. The molecule has 0 radical (unpaired) electrons. The summed E-state index contributed by atoms with van der Waals surface area (Å²) < 4.78 is 1.99. The predicted octanol–water partition coefficient (Wildman–Crippen LogP) is 2.35. The van der Waals surface area contributed by atoms with Gasteiger partial charge in [0, 0.05) is 18.2 Å². The van der Waals surface area contributed by atoms with Crippen molar-refractivity contribution in [3.8, 4) is 0 Å². The summed E-state index contributed by atoms with van der Waals surface area (Å²) in [7, 11) is 0. The minimum Gasteiger partial charge on any atom is -0.303 e. The number of aromatic nitrogens is 2. The summed E-state index contributed by atoms with van der Waals surface area (Å²) in [4.78, 5) is 15.2. The van der Waals surface area contributed by atoms with E-state index < -0.39 is 0 Å². The molecule has 0 amide bonds. The van der Waals surface area contributed by atoms with Gasteiger partial charge < -0.3 is 4.40 Å². The first-order valence-corrected chi connectivity index (χ1v) is 5.12. The smallest absolute Gasteiger partial charge is 0.152 e. The van der Waals surface area contributed by atoms with E-state index in [2.05, 4.69) is 18.8 Å². The number of hydrogen-bond acceptors (Lipinski definition) is 2. The fourth-order valence-corrected chi connectivity index (χ4v) is 1.71. The van der Waals surface area contributed by atoms with E-state index in [0.29, 0.717) is 11.5 Å². The second-order valence-corrected chi connectivity index (χ2v) is 4.11. The molecule has 0 saturated carbocycles. The largest absolute Gasteiger partial charge is 0.303 e. The van der Waals surface area contributed by atoms with Crippen molar-refractivity contribution in [3.05, 3.63) is 35.9 Å². The second kappa shape index (κ2) is 3.85. The quantitative estimate of drug-likeness (QED) is 0.716. The highest BCUT2D eigenvalue weighted by Crippen LogP contribution is 2.13. The van der Waals surface area contributed by atoms with E-state index in [1.54, 1.807) is 6.20 Å². The van der Waals surface area contributed by atoms with Crippen molar-refractivity contribution < 1.29 is 4.79 Å². The molecular weight excluding hydrogens is 188 g/mol. The summed E-state index contributed by atoms with van der Waals surface area (Å²) in [5, 5.41) is 0. The molecule has 2 heterocycles. The van der Waals surface area contributed by atoms with Crippen LogP contribution in [0.1, 0.15) is 30.0 Å². The molecule has 0 aliphatic rings. The van der Waals surface area contributed by atoms with E-state index in [4.69, 9.17) is 0 Å². The van der Waals surface area contributed by atoms with Crippen LogP contribution in [0.15, 0.2) is 24.5 Å². The highest BCUT2D eigenvalue weighted by atomic mass is 16.1. The molecule has 0 bridgehead atoms. The lowest BCUT2D eigenvalue weighted by atomic mass is 10.1. The Labute approximate surface area is 88.8 Å². The van der Waals surface area contributed by atoms with Crippen LogP contribution in [0.3, 0.4) is 0 Å². The normalized spacial score (nSPS) is 11.1. The Morgan fingerprint density at radius 1 is 1.53 bits per heavy atom. The molecule has 2 aromatic heterocycles. The van der Waals surface area contributed by atoms with Crippen molar-refractivity contribution in [3.63, 3.8) is 0 Å². The number of imidazole rings is 1. The Hall–Kier alpha value is -1.64. The van der Waals surface area contributed by atoms with Crippen LogP contribution in [0.4, 0.5) is 0 Å². The monoisotopic (exact) mass is 202 g/mol. The number of aldehydes is 1. The first kappa shape index (κ1) is 9.90. The molecule has 3 nitrogen and oxygen atoms in total. The van der Waals surface area contributed by atoms with Gasteiger partial charge in [-0.15, -0.1) is 0 Å². The van der Waals surface area contributed by atoms with Gasteiger partial charge in [-0.05, 0) is 18.1 Å². The summed E-state index contributed by atoms with van der Waals surface area (Å²) >= 11 is 0. The van der Waals surface area contributed by atoms with E-state index in [9.17, 15) is 4.79 Å². The van der Waals surface area contributed by atoms with E-state index in [-0.39, 0.29) is 0 Å². The zero-order valence-electron chi connectivity index (χ0n) is 8.97. The fraction of sp³-hybridized carbons (Fsp3) is 0.333. The van der Waals surface area contributed by atoms with Gasteiger partial charge in [0.05, 0.1) is 11.7 Å². The minimum atomic E-state index is 0.565. The predicted molar refractivity (Wildman–Crippen MR) is 59.1 cm³/mol. The maximum atomic E-state index is 10.8. The molecule has 0 fully saturated rings. The van der Waals surface area contributed by atoms with E-state index in [1.165, 1.54) is 0 Å². The van der Waals surface area contributed by atoms with Crippen LogP contribution >= 0.6 is 0 Å². The number of hydrogen-bond donors (Lipinski definition) is 0. The van der Waals surface area contributed by atoms with Crippen LogP contribution in [0, 0.1) is 5.92 Å². The third kappa shape index (κ3) is 1.77. The molecule has 0 unspecified atom stereocenters. The van der Waals surface area contributed by atoms with Crippen molar-refractivity contribution in [1.29, 1.82) is 0 Å². The number of pyridine rings is 1. The zero-order chi connectivity index (χ0) is 10.8. The van der Waals surface area contributed by atoms with Crippen LogP contribution in [0.2, 0.25) is 0 Å². The maximum Gasteiger partial charge on any atom is 0.152 e. The standard InChI is InChI=1S/C12H14N2O/c1-9(2)6-12-13-7-11-10(8-15)4-3-5-14(11)12/h3-5,7-9H,6H2,1-2H3. The van der Waals surface area contributed by atoms with E-state index in [0.717, 1.165) is 24.0 Å². The Kier molecular flexibility index (Phi) is 2.54. The van der Waals surface area contributed by atoms with Crippen LogP contribution in [-0.4, -0.2) is 15.7 Å². The summed E-state index contributed by atoms with van der Waals surface area (Å²) in [5.74, 6) is 1.58. The van der Waals surface area contributed by atoms with Crippen molar-refractivity contribution in [2.75, 3.05) is 0 Å². The molecular formula is C12H14N2O. The third-order valence-corrected chi connectivity index (χ3v) is 2.40. The number of carbonyl (C=O) groups is 1. The third-order valence-electron chi connectivity index (χ3n) is 2.40. The average Bonchev–Trinajstić information content (AvgIpc) is 2.61. The van der Waals surface area contributed by atoms with Crippen molar-refractivity contribution in [2.45, 2.75) is 20.3 Å². The molecule has 0 saturated heterocycles. The topological polar surface area (TPSA) is 34.4 Å². The molecule has 0 aliphatic heterocycles. The molecule has 0 N–H and O–H groups in total. The van der Waals surface area contributed by atoms with Crippen LogP contribution in [-0.2, 0) is 6.42 Å². The number of fused-ring (bicyclic) bond motifs is 1. The molecule has 0 atom stereocenters. The first-order valence-electron chi connectivity index (χ1n) is 5.12. The van der Waals surface area contributed by atoms with Crippen LogP contribution in [0.25, 0.3) is 5.52 Å². The fourth-order valence-electron chi connectivity index (χ4n) is 1.71. The van der Waals surface area contributed by atoms with Crippen LogP contribution in [0.5, 0.6) is 0 Å². The first-order chi connectivity index (χ1) is 7.22. The van der Waals surface area contributed by atoms with Gasteiger partial charge in [-0.3, -0.25) is 4.79 Å². The Balaban J connectivity index is 2.55. The molecule has 0 spiro atoms. The summed E-state index contributed by atoms with van der Waals surface area (Å²) in [6.45, 7) is 4.31. The lowest BCUT2D eigenvalue weighted by Crippen LogP contribution is -2.00. The number of rotatable bonds is 3. The lowest BCUT2D eigenvalue weighted by molar-refractivity contribution is 0.112. The molecule has 2 aromatic rings. The van der Waals surface area contributed by atoms with Gasteiger partial charge in [0.25, 0.3) is 0 Å². The highest BCUT2D eigenvalue weighted by Gasteiger charge is 2.07. The van der Waals surface area contributed by atoms with Gasteiger partial charge in [0.15, 0.2) is 6.29 Å². The average molecular weight is 202 g/mol. The van der Waals surface area contributed by atoms with Gasteiger partial charge in [0.2, 0.25) is 0 Å².